The van der Waals surface area contributed by atoms with Crippen molar-refractivity contribution in [2.24, 2.45) is 0 Å². The molecule has 0 N–H and O–H groups in total. The van der Waals surface area contributed by atoms with Crippen LogP contribution in [0, 0.1) is 12.1 Å². The Morgan fingerprint density at radius 2 is 2.40 bits per heavy atom. The number of thiophene rings is 1. The predicted molar refractivity (Wildman–Crippen MR) is 57.7 cm³/mol. The molecule has 1 saturated heterocycles. The fourth-order valence-corrected chi connectivity index (χ4v) is 3.42. The third kappa shape index (κ3) is 1.61. The van der Waals surface area contributed by atoms with Gasteiger partial charge < -0.3 is 9.47 Å². The van der Waals surface area contributed by atoms with E-state index >= 15 is 0 Å². The summed E-state index contributed by atoms with van der Waals surface area (Å²) in [5, 5.41) is -0.155. The lowest BCUT2D eigenvalue weighted by Crippen LogP contribution is -2.35. The quantitative estimate of drug-likeness (QED) is 0.777. The molecule has 2 heterocycles. The Labute approximate surface area is 93.0 Å². The maximum atomic E-state index is 13.2. The number of methoxy groups -OCH3 is 1. The smallest absolute Gasteiger partial charge is 0.177 e. The van der Waals surface area contributed by atoms with E-state index in [1.165, 1.54) is 11.3 Å². The summed E-state index contributed by atoms with van der Waals surface area (Å²) in [6.07, 6.45) is 0.782. The van der Waals surface area contributed by atoms with Gasteiger partial charge in [0.1, 0.15) is 5.60 Å². The van der Waals surface area contributed by atoms with Crippen LogP contribution in [0.3, 0.4) is 0 Å². The van der Waals surface area contributed by atoms with Crippen molar-refractivity contribution in [3.8, 4) is 0 Å². The molecule has 0 spiro atoms. The summed E-state index contributed by atoms with van der Waals surface area (Å²) in [6, 6.07) is 1.56. The van der Waals surface area contributed by atoms with Gasteiger partial charge in [-0.2, -0.15) is 4.39 Å². The molecule has 0 bridgehead atoms. The molecular weight excluding hydrogens is 215 g/mol. The Morgan fingerprint density at radius 1 is 1.67 bits per heavy atom. The van der Waals surface area contributed by atoms with Crippen molar-refractivity contribution in [3.05, 3.63) is 21.6 Å². The van der Waals surface area contributed by atoms with Crippen LogP contribution in [0.1, 0.15) is 23.8 Å². The maximum absolute atomic E-state index is 13.2. The third-order valence-electron chi connectivity index (χ3n) is 3.13. The molecule has 1 aliphatic rings. The Bertz CT molecular complexity index is 363. The largest absolute Gasteiger partial charge is 0.375 e. The molecule has 0 aromatic carbocycles. The second-order valence-electron chi connectivity index (χ2n) is 3.92. The number of rotatable bonds is 2. The second-order valence-corrected chi connectivity index (χ2v) is 4.92. The third-order valence-corrected chi connectivity index (χ3v) is 4.32. The second kappa shape index (κ2) is 3.85. The molecule has 0 amide bonds. The fourth-order valence-electron chi connectivity index (χ4n) is 2.25. The number of halogens is 1. The van der Waals surface area contributed by atoms with Gasteiger partial charge in [0.2, 0.25) is 0 Å². The first-order chi connectivity index (χ1) is 7.10. The average molecular weight is 230 g/mol. The standard InChI is InChI=1S/C11H15FO2S/c1-7-6-9(12)15-10(7)11(13-3)4-5-14-8(11)2/h6,8H,4-5H2,1-3H3. The maximum Gasteiger partial charge on any atom is 0.177 e. The lowest BCUT2D eigenvalue weighted by molar-refractivity contribution is -0.0625. The normalized spacial score (nSPS) is 31.1. The SMILES string of the molecule is COC1(c2sc(F)cc2C)CCOC1C. The Hall–Kier alpha value is -0.450. The first-order valence-electron chi connectivity index (χ1n) is 5.03. The van der Waals surface area contributed by atoms with Crippen molar-refractivity contribution >= 4 is 11.3 Å². The van der Waals surface area contributed by atoms with E-state index in [-0.39, 0.29) is 11.2 Å². The summed E-state index contributed by atoms with van der Waals surface area (Å²) in [4.78, 5) is 0.965. The van der Waals surface area contributed by atoms with Crippen LogP contribution in [0.4, 0.5) is 4.39 Å². The van der Waals surface area contributed by atoms with Gasteiger partial charge in [0.05, 0.1) is 12.7 Å². The fraction of sp³-hybridized carbons (Fsp3) is 0.636. The summed E-state index contributed by atoms with van der Waals surface area (Å²) in [5.74, 6) is 0. The minimum atomic E-state index is -0.445. The van der Waals surface area contributed by atoms with E-state index in [4.69, 9.17) is 9.47 Å². The zero-order valence-electron chi connectivity index (χ0n) is 9.17. The average Bonchev–Trinajstić information content (AvgIpc) is 2.71. The van der Waals surface area contributed by atoms with Gasteiger partial charge in [-0.25, -0.2) is 0 Å². The molecule has 1 fully saturated rings. The van der Waals surface area contributed by atoms with Gasteiger partial charge in [-0.3, -0.25) is 0 Å². The van der Waals surface area contributed by atoms with E-state index in [1.807, 2.05) is 13.8 Å². The summed E-state index contributed by atoms with van der Waals surface area (Å²) < 4.78 is 24.3. The Kier molecular flexibility index (Phi) is 2.83. The molecule has 2 rings (SSSR count). The van der Waals surface area contributed by atoms with Crippen LogP contribution in [0.25, 0.3) is 0 Å². The summed E-state index contributed by atoms with van der Waals surface area (Å²) in [5.41, 5.74) is 0.510. The zero-order valence-corrected chi connectivity index (χ0v) is 9.99. The summed E-state index contributed by atoms with van der Waals surface area (Å²) in [6.45, 7) is 4.57. The molecule has 0 radical (unpaired) electrons. The van der Waals surface area contributed by atoms with Gasteiger partial charge >= 0.3 is 0 Å². The number of hydrogen-bond acceptors (Lipinski definition) is 3. The van der Waals surface area contributed by atoms with Crippen LogP contribution in [0.15, 0.2) is 6.07 Å². The van der Waals surface area contributed by atoms with Gasteiger partial charge in [0.15, 0.2) is 5.13 Å². The first kappa shape index (κ1) is 11.0. The van der Waals surface area contributed by atoms with Gasteiger partial charge in [0.25, 0.3) is 0 Å². The van der Waals surface area contributed by atoms with E-state index in [2.05, 4.69) is 0 Å². The molecule has 15 heavy (non-hydrogen) atoms. The van der Waals surface area contributed by atoms with Crippen LogP contribution in [-0.4, -0.2) is 19.8 Å². The molecule has 2 atom stereocenters. The highest BCUT2D eigenvalue weighted by molar-refractivity contribution is 7.10. The molecule has 1 aliphatic heterocycles. The molecule has 2 unspecified atom stereocenters. The van der Waals surface area contributed by atoms with E-state index < -0.39 is 5.60 Å². The molecule has 2 nitrogen and oxygen atoms in total. The molecule has 4 heteroatoms. The van der Waals surface area contributed by atoms with Crippen molar-refractivity contribution in [3.63, 3.8) is 0 Å². The zero-order chi connectivity index (χ0) is 11.1. The summed E-state index contributed by atoms with van der Waals surface area (Å²) >= 11 is 1.17. The highest BCUT2D eigenvalue weighted by Crippen LogP contribution is 2.43. The van der Waals surface area contributed by atoms with Crippen molar-refractivity contribution in [1.82, 2.24) is 0 Å². The number of aryl methyl sites for hydroxylation is 1. The lowest BCUT2D eigenvalue weighted by atomic mass is 9.92. The highest BCUT2D eigenvalue weighted by atomic mass is 32.1. The van der Waals surface area contributed by atoms with Crippen molar-refractivity contribution in [1.29, 1.82) is 0 Å². The van der Waals surface area contributed by atoms with Crippen LogP contribution in [0.5, 0.6) is 0 Å². The van der Waals surface area contributed by atoms with E-state index in [0.717, 1.165) is 16.9 Å². The number of hydrogen-bond donors (Lipinski definition) is 0. The van der Waals surface area contributed by atoms with E-state index in [9.17, 15) is 4.39 Å². The molecule has 0 aliphatic carbocycles. The lowest BCUT2D eigenvalue weighted by Gasteiger charge is -2.30. The van der Waals surface area contributed by atoms with Crippen molar-refractivity contribution < 1.29 is 13.9 Å². The monoisotopic (exact) mass is 230 g/mol. The van der Waals surface area contributed by atoms with Crippen molar-refractivity contribution in [2.45, 2.75) is 32.0 Å². The molecule has 84 valence electrons. The van der Waals surface area contributed by atoms with E-state index in [1.54, 1.807) is 13.2 Å². The van der Waals surface area contributed by atoms with Gasteiger partial charge in [-0.1, -0.05) is 0 Å². The molecule has 1 aromatic heterocycles. The highest BCUT2D eigenvalue weighted by Gasteiger charge is 2.45. The van der Waals surface area contributed by atoms with E-state index in [0.29, 0.717) is 6.61 Å². The van der Waals surface area contributed by atoms with Crippen LogP contribution >= 0.6 is 11.3 Å². The van der Waals surface area contributed by atoms with Gasteiger partial charge in [-0.05, 0) is 25.5 Å². The van der Waals surface area contributed by atoms with Crippen LogP contribution in [0.2, 0.25) is 0 Å². The first-order valence-corrected chi connectivity index (χ1v) is 5.85. The van der Waals surface area contributed by atoms with Gasteiger partial charge in [0, 0.05) is 18.4 Å². The minimum Gasteiger partial charge on any atom is -0.375 e. The Balaban J connectivity index is 2.46. The van der Waals surface area contributed by atoms with Gasteiger partial charge in [-0.15, -0.1) is 11.3 Å². The Morgan fingerprint density at radius 3 is 2.80 bits per heavy atom. The minimum absolute atomic E-state index is 0.0146. The summed E-state index contributed by atoms with van der Waals surface area (Å²) in [7, 11) is 1.67. The topological polar surface area (TPSA) is 18.5 Å². The number of ether oxygens (including phenoxy) is 2. The predicted octanol–water partition coefficient (Wildman–Crippen LogP) is 2.85. The molecule has 1 aromatic rings. The molecule has 0 saturated carbocycles. The van der Waals surface area contributed by atoms with Crippen LogP contribution in [-0.2, 0) is 15.1 Å². The van der Waals surface area contributed by atoms with Crippen molar-refractivity contribution in [2.75, 3.05) is 13.7 Å². The molecular formula is C11H15FO2S. The van der Waals surface area contributed by atoms with Crippen LogP contribution < -0.4 is 0 Å².